The van der Waals surface area contributed by atoms with Gasteiger partial charge in [-0.3, -0.25) is 19.7 Å². The number of Topliss-reactive ketones (excluding diaryl/α,β-unsaturated/α-hetero) is 1. The highest BCUT2D eigenvalue weighted by atomic mass is 16.6. The van der Waals surface area contributed by atoms with Crippen LogP contribution in [0, 0.1) is 21.4 Å². The summed E-state index contributed by atoms with van der Waals surface area (Å²) in [4.78, 5) is 39.3. The van der Waals surface area contributed by atoms with Crippen molar-refractivity contribution in [1.82, 2.24) is 0 Å². The molecule has 46 heavy (non-hydrogen) atoms. The fourth-order valence-corrected chi connectivity index (χ4v) is 8.82. The number of anilines is 1. The van der Waals surface area contributed by atoms with Crippen molar-refractivity contribution in [1.29, 1.82) is 0 Å². The lowest BCUT2D eigenvalue weighted by Crippen LogP contribution is -2.44. The predicted octanol–water partition coefficient (Wildman–Crippen LogP) is 7.70. The highest BCUT2D eigenvalue weighted by molar-refractivity contribution is 6.29. The quantitative estimate of drug-likeness (QED) is 0.0637. The summed E-state index contributed by atoms with van der Waals surface area (Å²) in [7, 11) is 0. The van der Waals surface area contributed by atoms with Crippen LogP contribution in [0.25, 0.3) is 43.1 Å². The number of benzene rings is 6. The molecule has 2 saturated heterocycles. The maximum Gasteiger partial charge on any atom is 0.277 e. The van der Waals surface area contributed by atoms with Gasteiger partial charge in [0.25, 0.3) is 5.69 Å². The zero-order chi connectivity index (χ0) is 31.2. The van der Waals surface area contributed by atoms with Gasteiger partial charge in [-0.1, -0.05) is 84.9 Å². The van der Waals surface area contributed by atoms with Crippen LogP contribution in [0.3, 0.4) is 0 Å². The Labute approximate surface area is 263 Å². The molecule has 3 heterocycles. The normalized spacial score (nSPS) is 23.2. The molecule has 0 spiro atoms. The van der Waals surface area contributed by atoms with Crippen LogP contribution in [-0.4, -0.2) is 35.7 Å². The number of ketones is 1. The van der Waals surface area contributed by atoms with Gasteiger partial charge in [-0.2, -0.15) is 0 Å². The molecule has 3 aliphatic rings. The topological polar surface area (TPSA) is 89.8 Å². The van der Waals surface area contributed by atoms with Crippen LogP contribution in [0.15, 0.2) is 115 Å². The zero-order valence-electron chi connectivity index (χ0n) is 24.8. The van der Waals surface area contributed by atoms with Gasteiger partial charge in [-0.25, -0.2) is 0 Å². The molecule has 0 radical (unpaired) electrons. The van der Waals surface area contributed by atoms with Gasteiger partial charge in [0.15, 0.2) is 6.29 Å². The third kappa shape index (κ3) is 3.59. The van der Waals surface area contributed by atoms with E-state index >= 15 is 0 Å². The predicted molar refractivity (Wildman–Crippen MR) is 179 cm³/mol. The number of hydrogen-bond donors (Lipinski definition) is 0. The molecule has 2 bridgehead atoms. The third-order valence-electron chi connectivity index (χ3n) is 10.6. The number of fused-ring (bicyclic) bond motifs is 11. The van der Waals surface area contributed by atoms with Crippen LogP contribution in [0.4, 0.5) is 11.4 Å². The molecule has 0 saturated carbocycles. The lowest BCUT2D eigenvalue weighted by molar-refractivity contribution is -0.383. The fourth-order valence-electron chi connectivity index (χ4n) is 8.82. The first-order valence-corrected chi connectivity index (χ1v) is 15.6. The molecule has 4 unspecified atom stereocenters. The van der Waals surface area contributed by atoms with Gasteiger partial charge >= 0.3 is 0 Å². The summed E-state index contributed by atoms with van der Waals surface area (Å²) >= 11 is 0. The van der Waals surface area contributed by atoms with E-state index in [0.29, 0.717) is 42.1 Å². The van der Waals surface area contributed by atoms with Gasteiger partial charge < -0.3 is 9.64 Å². The molecule has 0 aliphatic carbocycles. The van der Waals surface area contributed by atoms with Crippen molar-refractivity contribution < 1.29 is 19.2 Å². The van der Waals surface area contributed by atoms with E-state index in [1.807, 2.05) is 17.0 Å². The molecule has 6 aromatic rings. The van der Waals surface area contributed by atoms with Crippen LogP contribution in [0.5, 0.6) is 0 Å². The number of carbonyl (C=O) groups is 2. The van der Waals surface area contributed by atoms with Gasteiger partial charge in [0.1, 0.15) is 17.9 Å². The minimum absolute atomic E-state index is 0.00795. The SMILES string of the molecule is O=CC(=O)C1C2C3CC=C(O3)C2(Cc2cccc3c2ccc2c4ccccc4ccc32)CN1c1ccc([N+](=O)[O-])c2ccccc12. The molecular weight excluding hydrogens is 576 g/mol. The van der Waals surface area contributed by atoms with E-state index in [-0.39, 0.29) is 22.6 Å². The average Bonchev–Trinajstić information content (AvgIpc) is 3.78. The van der Waals surface area contributed by atoms with E-state index in [1.54, 1.807) is 18.2 Å². The van der Waals surface area contributed by atoms with Crippen molar-refractivity contribution in [3.8, 4) is 0 Å². The number of nitrogens with zero attached hydrogens (tertiary/aromatic N) is 2. The molecule has 0 aromatic heterocycles. The molecule has 0 amide bonds. The van der Waals surface area contributed by atoms with Gasteiger partial charge in [0, 0.05) is 36.0 Å². The molecule has 7 heteroatoms. The Balaban J connectivity index is 1.22. The van der Waals surface area contributed by atoms with E-state index in [1.165, 1.54) is 33.0 Å². The van der Waals surface area contributed by atoms with Gasteiger partial charge in [0.2, 0.25) is 5.78 Å². The number of nitro benzene ring substituents is 1. The monoisotopic (exact) mass is 604 g/mol. The van der Waals surface area contributed by atoms with Crippen LogP contribution >= 0.6 is 0 Å². The third-order valence-corrected chi connectivity index (χ3v) is 10.6. The Kier molecular flexibility index (Phi) is 5.66. The molecular formula is C39H28N2O5. The molecule has 9 rings (SSSR count). The second-order valence-corrected chi connectivity index (χ2v) is 12.8. The zero-order valence-corrected chi connectivity index (χ0v) is 24.8. The number of non-ortho nitro benzene ring substituents is 1. The minimum Gasteiger partial charge on any atom is -0.494 e. The van der Waals surface area contributed by atoms with Gasteiger partial charge in [0.05, 0.1) is 15.7 Å². The fraction of sp³-hybridized carbons (Fsp3) is 0.179. The molecule has 6 aromatic carbocycles. The van der Waals surface area contributed by atoms with Crippen molar-refractivity contribution in [2.45, 2.75) is 25.0 Å². The Bertz CT molecular complexity index is 2350. The molecule has 3 aliphatic heterocycles. The van der Waals surface area contributed by atoms with E-state index in [9.17, 15) is 19.7 Å². The van der Waals surface area contributed by atoms with Crippen molar-refractivity contribution in [3.63, 3.8) is 0 Å². The first kappa shape index (κ1) is 26.8. The van der Waals surface area contributed by atoms with E-state index in [0.717, 1.165) is 16.7 Å². The van der Waals surface area contributed by atoms with E-state index < -0.39 is 17.2 Å². The number of carbonyl (C=O) groups excluding carboxylic acids is 2. The summed E-state index contributed by atoms with van der Waals surface area (Å²) in [5.74, 6) is 0.129. The van der Waals surface area contributed by atoms with Crippen LogP contribution in [-0.2, 0) is 20.7 Å². The maximum absolute atomic E-state index is 13.6. The molecule has 2 fully saturated rings. The summed E-state index contributed by atoms with van der Waals surface area (Å²) in [5.41, 5.74) is 1.32. The van der Waals surface area contributed by atoms with Crippen LogP contribution < -0.4 is 4.90 Å². The molecule has 0 N–H and O–H groups in total. The highest BCUT2D eigenvalue weighted by Gasteiger charge is 2.66. The second-order valence-electron chi connectivity index (χ2n) is 12.8. The Hall–Kier alpha value is -5.56. The minimum atomic E-state index is -0.749. The average molecular weight is 605 g/mol. The smallest absolute Gasteiger partial charge is 0.277 e. The molecule has 4 atom stereocenters. The first-order chi connectivity index (χ1) is 22.5. The molecule has 224 valence electrons. The van der Waals surface area contributed by atoms with Crippen LogP contribution in [0.1, 0.15) is 12.0 Å². The number of hydrogen-bond acceptors (Lipinski definition) is 6. The van der Waals surface area contributed by atoms with Crippen molar-refractivity contribution in [3.05, 3.63) is 131 Å². The van der Waals surface area contributed by atoms with Gasteiger partial charge in [-0.15, -0.1) is 0 Å². The standard InChI is InChI=1S/C39H28N2O5/c42-21-34(43)38-37-35-18-19-36(46-35)39(37,22-40(38)32-16-17-33(41(44)45)31-10-4-3-9-30(31)32)20-24-7-5-11-27-26(24)14-15-28-25-8-2-1-6-23(25)12-13-29(27)28/h1-17,19,21,35,37-38H,18,20,22H2. The Morgan fingerprint density at radius 3 is 2.35 bits per heavy atom. The van der Waals surface area contributed by atoms with Crippen molar-refractivity contribution in [2.24, 2.45) is 11.3 Å². The molecule has 7 nitrogen and oxygen atoms in total. The summed E-state index contributed by atoms with van der Waals surface area (Å²) in [6.45, 7) is 0.445. The number of aldehydes is 1. The van der Waals surface area contributed by atoms with Crippen molar-refractivity contribution >= 4 is 66.5 Å². The Morgan fingerprint density at radius 2 is 1.52 bits per heavy atom. The lowest BCUT2D eigenvalue weighted by atomic mass is 9.66. The lowest BCUT2D eigenvalue weighted by Gasteiger charge is -2.31. The van der Waals surface area contributed by atoms with E-state index in [2.05, 4.69) is 72.8 Å². The summed E-state index contributed by atoms with van der Waals surface area (Å²) in [5, 5.41) is 20.2. The largest absolute Gasteiger partial charge is 0.494 e. The summed E-state index contributed by atoms with van der Waals surface area (Å²) in [6.07, 6.45) is 3.66. The highest BCUT2D eigenvalue weighted by Crippen LogP contribution is 2.61. The summed E-state index contributed by atoms with van der Waals surface area (Å²) < 4.78 is 6.47. The summed E-state index contributed by atoms with van der Waals surface area (Å²) in [6, 6.07) is 33.3. The second kappa shape index (κ2) is 9.72. The van der Waals surface area contributed by atoms with E-state index in [4.69, 9.17) is 4.74 Å². The number of rotatable bonds is 6. The van der Waals surface area contributed by atoms with Crippen molar-refractivity contribution in [2.75, 3.05) is 11.4 Å². The Morgan fingerprint density at radius 1 is 0.826 bits per heavy atom. The first-order valence-electron chi connectivity index (χ1n) is 15.6. The van der Waals surface area contributed by atoms with Crippen LogP contribution in [0.2, 0.25) is 0 Å². The number of nitro groups is 1. The maximum atomic E-state index is 13.6. The number of ether oxygens (including phenoxy) is 1. The van der Waals surface area contributed by atoms with Gasteiger partial charge in [-0.05, 0) is 62.5 Å².